The molecular weight excluding hydrogens is 617 g/mol. The molecule has 0 nitrogen and oxygen atoms in total. The van der Waals surface area contributed by atoms with Crippen LogP contribution in [0.2, 0.25) is 0 Å². The highest BCUT2D eigenvalue weighted by molar-refractivity contribution is 7.26. The predicted octanol–water partition coefficient (Wildman–Crippen LogP) is 14.4. The van der Waals surface area contributed by atoms with Crippen molar-refractivity contribution in [2.45, 2.75) is 0 Å². The van der Waals surface area contributed by atoms with E-state index in [4.69, 9.17) is 0 Å². The number of hydrogen-bond donors (Lipinski definition) is 0. The van der Waals surface area contributed by atoms with Gasteiger partial charge in [-0.2, -0.15) is 0 Å². The molecule has 0 spiro atoms. The van der Waals surface area contributed by atoms with Crippen molar-refractivity contribution in [1.29, 1.82) is 0 Å². The second-order valence-corrected chi connectivity index (χ2v) is 14.8. The minimum atomic E-state index is 1.26. The van der Waals surface area contributed by atoms with Crippen LogP contribution in [0.25, 0.3) is 106 Å². The molecule has 0 N–H and O–H groups in total. The Kier molecular flexibility index (Phi) is 5.51. The Morgan fingerprint density at radius 3 is 1.15 bits per heavy atom. The van der Waals surface area contributed by atoms with Gasteiger partial charge in [-0.15, -0.1) is 22.7 Å². The zero-order valence-electron chi connectivity index (χ0n) is 25.8. The van der Waals surface area contributed by atoms with E-state index in [1.54, 1.807) is 0 Å². The van der Waals surface area contributed by atoms with Gasteiger partial charge in [-0.25, -0.2) is 0 Å². The lowest BCUT2D eigenvalue weighted by atomic mass is 9.87. The van der Waals surface area contributed by atoms with E-state index < -0.39 is 0 Å². The molecule has 0 saturated carbocycles. The van der Waals surface area contributed by atoms with Gasteiger partial charge in [-0.1, -0.05) is 133 Å². The highest BCUT2D eigenvalue weighted by atomic mass is 32.1. The first-order valence-corrected chi connectivity index (χ1v) is 18.1. The van der Waals surface area contributed by atoms with Crippen LogP contribution in [0.5, 0.6) is 0 Å². The van der Waals surface area contributed by atoms with Crippen molar-refractivity contribution < 1.29 is 0 Å². The first kappa shape index (κ1) is 26.5. The summed E-state index contributed by atoms with van der Waals surface area (Å²) in [7, 11) is 0. The van der Waals surface area contributed by atoms with E-state index in [-0.39, 0.29) is 0 Å². The SMILES string of the molecule is c1ccc(-c2cc3ccccc3c3c2sc2cccc4c2c3c2cccc3sc5c(-c6ccccc6)cc6ccccc6c5c4c32)cc1. The summed E-state index contributed by atoms with van der Waals surface area (Å²) in [6, 6.07) is 58.6. The van der Waals surface area contributed by atoms with Crippen LogP contribution in [0.1, 0.15) is 0 Å². The fraction of sp³-hybridized carbons (Fsp3) is 0. The molecular formula is C46H26S2. The normalized spacial score (nSPS) is 12.2. The van der Waals surface area contributed by atoms with Crippen molar-refractivity contribution in [3.05, 3.63) is 158 Å². The first-order chi connectivity index (χ1) is 23.8. The lowest BCUT2D eigenvalue weighted by molar-refractivity contribution is 1.68. The molecule has 222 valence electrons. The van der Waals surface area contributed by atoms with Crippen molar-refractivity contribution in [1.82, 2.24) is 0 Å². The van der Waals surface area contributed by atoms with Gasteiger partial charge in [-0.05, 0) is 67.7 Å². The Morgan fingerprint density at radius 2 is 0.688 bits per heavy atom. The molecule has 0 saturated heterocycles. The van der Waals surface area contributed by atoms with Gasteiger partial charge in [0, 0.05) is 62.2 Å². The molecule has 48 heavy (non-hydrogen) atoms. The van der Waals surface area contributed by atoms with Crippen molar-refractivity contribution >= 4 is 106 Å². The van der Waals surface area contributed by atoms with Crippen LogP contribution in [0.15, 0.2) is 158 Å². The van der Waals surface area contributed by atoms with Crippen LogP contribution in [0.3, 0.4) is 0 Å². The van der Waals surface area contributed by atoms with Gasteiger partial charge in [0.15, 0.2) is 0 Å². The van der Waals surface area contributed by atoms with Gasteiger partial charge in [0.1, 0.15) is 0 Å². The molecule has 0 amide bonds. The maximum absolute atomic E-state index is 2.40. The van der Waals surface area contributed by atoms with Crippen LogP contribution in [-0.4, -0.2) is 0 Å². The lowest BCUT2D eigenvalue weighted by Crippen LogP contribution is -1.92. The quantitative estimate of drug-likeness (QED) is 0.130. The van der Waals surface area contributed by atoms with E-state index in [0.717, 1.165) is 0 Å². The zero-order chi connectivity index (χ0) is 31.3. The summed E-state index contributed by atoms with van der Waals surface area (Å²) in [5.74, 6) is 0. The molecule has 2 aromatic heterocycles. The fourth-order valence-electron chi connectivity index (χ4n) is 8.20. The number of benzene rings is 9. The Morgan fingerprint density at radius 1 is 0.292 bits per heavy atom. The van der Waals surface area contributed by atoms with E-state index in [1.807, 2.05) is 22.7 Å². The summed E-state index contributed by atoms with van der Waals surface area (Å²) < 4.78 is 5.35. The third kappa shape index (κ3) is 3.59. The molecule has 0 unspecified atom stereocenters. The molecule has 0 aliphatic rings. The standard InChI is InChI=1S/C46H26S2/c1-3-13-27(14-4-1)35-25-29-17-7-9-19-31(29)43-41-33-21-12-24-38-40(33)42(34-22-11-23-37(39(34)41)47-45(35)43)44-32-20-10-8-18-30(32)26-36(46(44)48-38)28-15-5-2-6-16-28/h1-26H. The van der Waals surface area contributed by atoms with Crippen molar-refractivity contribution in [2.24, 2.45) is 0 Å². The Hall–Kier alpha value is -5.54. The highest BCUT2D eigenvalue weighted by Crippen LogP contribution is 2.53. The van der Waals surface area contributed by atoms with Gasteiger partial charge in [0.05, 0.1) is 0 Å². The minimum Gasteiger partial charge on any atom is -0.134 e. The van der Waals surface area contributed by atoms with Gasteiger partial charge < -0.3 is 0 Å². The van der Waals surface area contributed by atoms with E-state index in [2.05, 4.69) is 158 Å². The van der Waals surface area contributed by atoms with Gasteiger partial charge in [-0.3, -0.25) is 0 Å². The molecule has 9 aromatic carbocycles. The molecule has 0 bridgehead atoms. The average Bonchev–Trinajstić information content (AvgIpc) is 3.15. The largest absolute Gasteiger partial charge is 0.134 e. The van der Waals surface area contributed by atoms with Crippen LogP contribution >= 0.6 is 22.7 Å². The Balaban J connectivity index is 1.46. The van der Waals surface area contributed by atoms with Gasteiger partial charge >= 0.3 is 0 Å². The topological polar surface area (TPSA) is 0 Å². The summed E-state index contributed by atoms with van der Waals surface area (Å²) >= 11 is 3.88. The van der Waals surface area contributed by atoms with Crippen LogP contribution in [0, 0.1) is 0 Å². The second kappa shape index (κ2) is 9.98. The summed E-state index contributed by atoms with van der Waals surface area (Å²) in [5, 5.41) is 16.1. The molecule has 0 radical (unpaired) electrons. The summed E-state index contributed by atoms with van der Waals surface area (Å²) in [5.41, 5.74) is 5.12. The van der Waals surface area contributed by atoms with Crippen molar-refractivity contribution in [3.8, 4) is 22.3 Å². The maximum atomic E-state index is 2.40. The molecule has 0 atom stereocenters. The smallest absolute Gasteiger partial charge is 0.0440 e. The molecule has 0 aliphatic carbocycles. The predicted molar refractivity (Wildman–Crippen MR) is 213 cm³/mol. The molecule has 11 aromatic rings. The van der Waals surface area contributed by atoms with E-state index >= 15 is 0 Å². The monoisotopic (exact) mass is 642 g/mol. The third-order valence-corrected chi connectivity index (χ3v) is 12.6. The van der Waals surface area contributed by atoms with Crippen LogP contribution in [-0.2, 0) is 0 Å². The van der Waals surface area contributed by atoms with Gasteiger partial charge in [0.2, 0.25) is 0 Å². The fourth-order valence-corrected chi connectivity index (χ4v) is 10.8. The van der Waals surface area contributed by atoms with Crippen molar-refractivity contribution in [3.63, 3.8) is 0 Å². The zero-order valence-corrected chi connectivity index (χ0v) is 27.5. The third-order valence-electron chi connectivity index (χ3n) is 10.2. The molecule has 0 fully saturated rings. The Bertz CT molecular complexity index is 2880. The molecule has 2 heterocycles. The first-order valence-electron chi connectivity index (χ1n) is 16.4. The maximum Gasteiger partial charge on any atom is 0.0440 e. The lowest BCUT2D eigenvalue weighted by Gasteiger charge is -2.21. The van der Waals surface area contributed by atoms with E-state index in [9.17, 15) is 0 Å². The van der Waals surface area contributed by atoms with Crippen LogP contribution < -0.4 is 0 Å². The van der Waals surface area contributed by atoms with Gasteiger partial charge in [0.25, 0.3) is 0 Å². The number of fused-ring (bicyclic) bond motifs is 10. The van der Waals surface area contributed by atoms with Crippen LogP contribution in [0.4, 0.5) is 0 Å². The van der Waals surface area contributed by atoms with E-state index in [1.165, 1.54) is 106 Å². The average molecular weight is 643 g/mol. The molecule has 0 aliphatic heterocycles. The summed E-state index contributed by atoms with van der Waals surface area (Å²) in [6.07, 6.45) is 0. The van der Waals surface area contributed by atoms with Crippen molar-refractivity contribution in [2.75, 3.05) is 0 Å². The minimum absolute atomic E-state index is 1.26. The molecule has 11 rings (SSSR count). The summed E-state index contributed by atoms with van der Waals surface area (Å²) in [4.78, 5) is 0. The Labute approximate surface area is 284 Å². The number of rotatable bonds is 2. The summed E-state index contributed by atoms with van der Waals surface area (Å²) in [6.45, 7) is 0. The molecule has 2 heteroatoms. The second-order valence-electron chi connectivity index (χ2n) is 12.7. The number of hydrogen-bond acceptors (Lipinski definition) is 2. The van der Waals surface area contributed by atoms with E-state index in [0.29, 0.717) is 0 Å². The highest BCUT2D eigenvalue weighted by Gasteiger charge is 2.23.